The molecule has 1 aliphatic heterocycles. The number of benzene rings is 2. The fourth-order valence-corrected chi connectivity index (χ4v) is 5.67. The monoisotopic (exact) mass is 435 g/mol. The maximum Gasteiger partial charge on any atom is 0.238 e. The third-order valence-corrected chi connectivity index (χ3v) is 7.59. The molecule has 0 unspecified atom stereocenters. The average Bonchev–Trinajstić information content (AvgIpc) is 3.11. The molecule has 0 radical (unpaired) electrons. The molecule has 3 aromatic rings. The zero-order valence-corrected chi connectivity index (χ0v) is 17.3. The second-order valence-electron chi connectivity index (χ2n) is 6.55. The summed E-state index contributed by atoms with van der Waals surface area (Å²) in [6.45, 7) is 2.18. The molecule has 4 rings (SSSR count). The van der Waals surface area contributed by atoms with Gasteiger partial charge in [0.2, 0.25) is 5.91 Å². The van der Waals surface area contributed by atoms with Crippen molar-refractivity contribution in [1.82, 2.24) is 9.88 Å². The number of carbonyl (C=O) groups is 1. The van der Waals surface area contributed by atoms with Gasteiger partial charge in [0.15, 0.2) is 15.0 Å². The summed E-state index contributed by atoms with van der Waals surface area (Å²) < 4.78 is 25.9. The number of piperazine rings is 1. The van der Waals surface area contributed by atoms with Crippen molar-refractivity contribution in [2.45, 2.75) is 4.90 Å². The van der Waals surface area contributed by atoms with Crippen LogP contribution in [0.3, 0.4) is 0 Å². The van der Waals surface area contributed by atoms with Crippen LogP contribution >= 0.6 is 22.9 Å². The third-order valence-electron chi connectivity index (χ3n) is 4.66. The van der Waals surface area contributed by atoms with Gasteiger partial charge in [0.05, 0.1) is 15.1 Å². The number of hydrogen-bond donors (Lipinski definition) is 0. The predicted molar refractivity (Wildman–Crippen MR) is 112 cm³/mol. The van der Waals surface area contributed by atoms with Gasteiger partial charge in [-0.3, -0.25) is 4.79 Å². The van der Waals surface area contributed by atoms with E-state index in [0.717, 1.165) is 15.3 Å². The molecule has 1 saturated heterocycles. The van der Waals surface area contributed by atoms with Crippen molar-refractivity contribution in [3.05, 3.63) is 53.6 Å². The van der Waals surface area contributed by atoms with E-state index in [9.17, 15) is 13.2 Å². The first kappa shape index (κ1) is 19.2. The van der Waals surface area contributed by atoms with Crippen LogP contribution in [0.2, 0.25) is 5.02 Å². The van der Waals surface area contributed by atoms with Crippen LogP contribution in [0.25, 0.3) is 10.2 Å². The zero-order chi connectivity index (χ0) is 19.7. The summed E-state index contributed by atoms with van der Waals surface area (Å²) in [5.74, 6) is -0.865. The first-order valence-corrected chi connectivity index (χ1v) is 11.6. The van der Waals surface area contributed by atoms with Crippen molar-refractivity contribution < 1.29 is 13.2 Å². The molecule has 0 bridgehead atoms. The molecule has 28 heavy (non-hydrogen) atoms. The van der Waals surface area contributed by atoms with Crippen LogP contribution in [0.1, 0.15) is 0 Å². The number of amides is 1. The van der Waals surface area contributed by atoms with Gasteiger partial charge in [0.25, 0.3) is 0 Å². The lowest BCUT2D eigenvalue weighted by atomic mass is 10.3. The number of anilines is 1. The fourth-order valence-electron chi connectivity index (χ4n) is 3.13. The number of hydrogen-bond acceptors (Lipinski definition) is 6. The van der Waals surface area contributed by atoms with Gasteiger partial charge in [0, 0.05) is 31.2 Å². The summed E-state index contributed by atoms with van der Waals surface area (Å²) >= 11 is 7.60. The lowest BCUT2D eigenvalue weighted by Gasteiger charge is -2.34. The second-order valence-corrected chi connectivity index (χ2v) is 9.98. The van der Waals surface area contributed by atoms with E-state index in [4.69, 9.17) is 11.6 Å². The Hall–Kier alpha value is -2.16. The van der Waals surface area contributed by atoms with Crippen LogP contribution in [-0.4, -0.2) is 56.1 Å². The molecule has 2 heterocycles. The minimum absolute atomic E-state index is 0.176. The number of nitrogens with zero attached hydrogens (tertiary/aromatic N) is 3. The van der Waals surface area contributed by atoms with Gasteiger partial charge >= 0.3 is 0 Å². The van der Waals surface area contributed by atoms with Gasteiger partial charge in [-0.15, -0.1) is 0 Å². The van der Waals surface area contributed by atoms with Gasteiger partial charge < -0.3 is 9.80 Å². The van der Waals surface area contributed by atoms with Crippen LogP contribution in [0.15, 0.2) is 53.4 Å². The summed E-state index contributed by atoms with van der Waals surface area (Å²) in [5.41, 5.74) is 0.900. The lowest BCUT2D eigenvalue weighted by molar-refractivity contribution is -0.128. The molecule has 0 spiro atoms. The average molecular weight is 436 g/mol. The van der Waals surface area contributed by atoms with Gasteiger partial charge in [-0.05, 0) is 30.3 Å². The van der Waals surface area contributed by atoms with Crippen molar-refractivity contribution in [1.29, 1.82) is 0 Å². The Morgan fingerprint density at radius 3 is 2.50 bits per heavy atom. The number of fused-ring (bicyclic) bond motifs is 1. The topological polar surface area (TPSA) is 70.6 Å². The normalized spacial score (nSPS) is 15.2. The molecule has 0 aliphatic carbocycles. The van der Waals surface area contributed by atoms with Gasteiger partial charge in [-0.1, -0.05) is 41.1 Å². The van der Waals surface area contributed by atoms with E-state index in [1.54, 1.807) is 34.4 Å². The molecule has 1 aliphatic rings. The predicted octanol–water partition coefficient (Wildman–Crippen LogP) is 3.07. The first-order valence-electron chi connectivity index (χ1n) is 8.79. The van der Waals surface area contributed by atoms with Crippen LogP contribution in [-0.2, 0) is 14.6 Å². The number of rotatable bonds is 4. The molecule has 0 saturated carbocycles. The molecule has 1 aromatic heterocycles. The van der Waals surface area contributed by atoms with E-state index in [-0.39, 0.29) is 10.8 Å². The van der Waals surface area contributed by atoms with E-state index in [0.29, 0.717) is 31.2 Å². The Morgan fingerprint density at radius 2 is 1.79 bits per heavy atom. The molecule has 1 fully saturated rings. The Kier molecular flexibility index (Phi) is 5.27. The van der Waals surface area contributed by atoms with Crippen molar-refractivity contribution in [2.75, 3.05) is 36.8 Å². The van der Waals surface area contributed by atoms with Gasteiger partial charge in [0.1, 0.15) is 5.75 Å². The number of halogens is 1. The lowest BCUT2D eigenvalue weighted by Crippen LogP contribution is -2.50. The highest BCUT2D eigenvalue weighted by Crippen LogP contribution is 2.31. The Balaban J connectivity index is 1.40. The van der Waals surface area contributed by atoms with Crippen molar-refractivity contribution in [2.24, 2.45) is 0 Å². The SMILES string of the molecule is O=C(CS(=O)(=O)c1ccccc1)N1CCN(c2nc3ccc(Cl)cc3s2)CC1. The molecule has 9 heteroatoms. The van der Waals surface area contributed by atoms with Crippen LogP contribution in [0.4, 0.5) is 5.13 Å². The standard InChI is InChI=1S/C19H18ClN3O3S2/c20-14-6-7-16-17(12-14)27-19(21-16)23-10-8-22(9-11-23)18(24)13-28(25,26)15-4-2-1-3-5-15/h1-7,12H,8-11,13H2. The number of sulfone groups is 1. The summed E-state index contributed by atoms with van der Waals surface area (Å²) in [4.78, 5) is 21.0. The summed E-state index contributed by atoms with van der Waals surface area (Å²) in [6, 6.07) is 13.7. The Labute approximate surface area is 172 Å². The van der Waals surface area contributed by atoms with E-state index in [1.165, 1.54) is 12.1 Å². The molecule has 0 atom stereocenters. The Bertz CT molecular complexity index is 1110. The maximum atomic E-state index is 12.5. The van der Waals surface area contributed by atoms with E-state index >= 15 is 0 Å². The minimum atomic E-state index is -3.62. The maximum absolute atomic E-state index is 12.5. The van der Waals surface area contributed by atoms with Crippen LogP contribution in [0, 0.1) is 0 Å². The highest BCUT2D eigenvalue weighted by atomic mass is 35.5. The van der Waals surface area contributed by atoms with E-state index < -0.39 is 15.6 Å². The number of aromatic nitrogens is 1. The number of thiazole rings is 1. The summed E-state index contributed by atoms with van der Waals surface area (Å²) in [6.07, 6.45) is 0. The van der Waals surface area contributed by atoms with Crippen LogP contribution < -0.4 is 4.90 Å². The number of carbonyl (C=O) groups excluding carboxylic acids is 1. The van der Waals surface area contributed by atoms with Crippen LogP contribution in [0.5, 0.6) is 0 Å². The first-order chi connectivity index (χ1) is 13.4. The minimum Gasteiger partial charge on any atom is -0.345 e. The largest absolute Gasteiger partial charge is 0.345 e. The molecule has 1 amide bonds. The smallest absolute Gasteiger partial charge is 0.238 e. The third kappa shape index (κ3) is 3.99. The molecule has 146 valence electrons. The molecule has 0 N–H and O–H groups in total. The molecule has 2 aromatic carbocycles. The van der Waals surface area contributed by atoms with Crippen molar-refractivity contribution in [3.8, 4) is 0 Å². The van der Waals surface area contributed by atoms with E-state index in [2.05, 4.69) is 9.88 Å². The molecular formula is C19H18ClN3O3S2. The molecular weight excluding hydrogens is 418 g/mol. The highest BCUT2D eigenvalue weighted by molar-refractivity contribution is 7.92. The van der Waals surface area contributed by atoms with Crippen molar-refractivity contribution in [3.63, 3.8) is 0 Å². The second kappa shape index (κ2) is 7.69. The van der Waals surface area contributed by atoms with Gasteiger partial charge in [-0.25, -0.2) is 13.4 Å². The summed E-state index contributed by atoms with van der Waals surface area (Å²) in [7, 11) is -3.62. The zero-order valence-electron chi connectivity index (χ0n) is 14.9. The fraction of sp³-hybridized carbons (Fsp3) is 0.263. The van der Waals surface area contributed by atoms with Gasteiger partial charge in [-0.2, -0.15) is 0 Å². The summed E-state index contributed by atoms with van der Waals surface area (Å²) in [5, 5.41) is 1.57. The molecule has 6 nitrogen and oxygen atoms in total. The highest BCUT2D eigenvalue weighted by Gasteiger charge is 2.27. The van der Waals surface area contributed by atoms with Crippen molar-refractivity contribution >= 4 is 54.0 Å². The Morgan fingerprint density at radius 1 is 1.07 bits per heavy atom. The quantitative estimate of drug-likeness (QED) is 0.629. The van der Waals surface area contributed by atoms with E-state index in [1.807, 2.05) is 18.2 Å².